The summed E-state index contributed by atoms with van der Waals surface area (Å²) in [6, 6.07) is 3.96. The molecule has 1 aromatic rings. The van der Waals surface area contributed by atoms with Crippen LogP contribution in [0.3, 0.4) is 0 Å². The van der Waals surface area contributed by atoms with E-state index in [1.807, 2.05) is 12.1 Å². The number of hydrogen-bond donors (Lipinski definition) is 0. The number of carbonyl (C=O) groups excluding carboxylic acids is 2. The molecule has 0 heterocycles. The molecule has 94 valence electrons. The Hall–Kier alpha value is -1.44. The van der Waals surface area contributed by atoms with Gasteiger partial charge in [-0.15, -0.1) is 0 Å². The summed E-state index contributed by atoms with van der Waals surface area (Å²) in [5.41, 5.74) is 3.51. The van der Waals surface area contributed by atoms with Crippen molar-refractivity contribution < 1.29 is 9.59 Å². The van der Waals surface area contributed by atoms with Crippen LogP contribution >= 0.6 is 0 Å². The zero-order chi connectivity index (χ0) is 13.3. The SMILES string of the molecule is CC1(C)CC(=O)c2cc3c(cc21)C(=O)CC3(C)C. The van der Waals surface area contributed by atoms with Crippen molar-refractivity contribution in [2.45, 2.75) is 51.4 Å². The number of ketones is 2. The largest absolute Gasteiger partial charge is 0.294 e. The van der Waals surface area contributed by atoms with Crippen molar-refractivity contribution in [1.82, 2.24) is 0 Å². The average molecular weight is 242 g/mol. The molecule has 2 aliphatic rings. The highest BCUT2D eigenvalue weighted by Gasteiger charge is 2.42. The van der Waals surface area contributed by atoms with Gasteiger partial charge in [-0.25, -0.2) is 0 Å². The van der Waals surface area contributed by atoms with Gasteiger partial charge in [0.25, 0.3) is 0 Å². The predicted octanol–water partition coefficient (Wildman–Crippen LogP) is 3.41. The Bertz CT molecular complexity index is 538. The van der Waals surface area contributed by atoms with E-state index in [4.69, 9.17) is 0 Å². The van der Waals surface area contributed by atoms with Crippen LogP contribution in [0.5, 0.6) is 0 Å². The van der Waals surface area contributed by atoms with Crippen LogP contribution in [0.25, 0.3) is 0 Å². The molecule has 2 aliphatic carbocycles. The van der Waals surface area contributed by atoms with Crippen molar-refractivity contribution in [2.24, 2.45) is 0 Å². The zero-order valence-corrected chi connectivity index (χ0v) is 11.4. The molecule has 0 aliphatic heterocycles. The number of rotatable bonds is 0. The lowest BCUT2D eigenvalue weighted by Gasteiger charge is -2.21. The summed E-state index contributed by atoms with van der Waals surface area (Å²) in [7, 11) is 0. The van der Waals surface area contributed by atoms with Gasteiger partial charge in [0.1, 0.15) is 0 Å². The maximum Gasteiger partial charge on any atom is 0.164 e. The minimum absolute atomic E-state index is 0.130. The molecule has 0 N–H and O–H groups in total. The van der Waals surface area contributed by atoms with Crippen LogP contribution in [0.2, 0.25) is 0 Å². The Morgan fingerprint density at radius 1 is 0.778 bits per heavy atom. The molecule has 0 fully saturated rings. The fourth-order valence-electron chi connectivity index (χ4n) is 3.36. The first-order chi connectivity index (χ1) is 8.22. The maximum absolute atomic E-state index is 12.1. The van der Waals surface area contributed by atoms with E-state index in [1.54, 1.807) is 0 Å². The normalized spacial score (nSPS) is 23.1. The number of fused-ring (bicyclic) bond motifs is 2. The Kier molecular flexibility index (Phi) is 2.01. The molecular formula is C16H18O2. The molecule has 2 heteroatoms. The van der Waals surface area contributed by atoms with Crippen molar-refractivity contribution in [3.8, 4) is 0 Å². The Labute approximate surface area is 107 Å². The molecule has 18 heavy (non-hydrogen) atoms. The van der Waals surface area contributed by atoms with E-state index in [0.717, 1.165) is 22.3 Å². The van der Waals surface area contributed by atoms with Gasteiger partial charge in [-0.3, -0.25) is 9.59 Å². The average Bonchev–Trinajstić information content (AvgIpc) is 2.59. The predicted molar refractivity (Wildman–Crippen MR) is 70.4 cm³/mol. The summed E-state index contributed by atoms with van der Waals surface area (Å²) < 4.78 is 0. The van der Waals surface area contributed by atoms with Crippen molar-refractivity contribution >= 4 is 11.6 Å². The minimum Gasteiger partial charge on any atom is -0.294 e. The van der Waals surface area contributed by atoms with Crippen LogP contribution in [-0.2, 0) is 10.8 Å². The molecule has 1 aromatic carbocycles. The van der Waals surface area contributed by atoms with Crippen LogP contribution in [0, 0.1) is 0 Å². The monoisotopic (exact) mass is 242 g/mol. The maximum atomic E-state index is 12.1. The number of Topliss-reactive ketones (excluding diaryl/α,β-unsaturated/α-hetero) is 2. The fourth-order valence-corrected chi connectivity index (χ4v) is 3.36. The number of carbonyl (C=O) groups is 2. The third kappa shape index (κ3) is 1.35. The topological polar surface area (TPSA) is 34.1 Å². The van der Waals surface area contributed by atoms with Gasteiger partial charge in [0.2, 0.25) is 0 Å². The third-order valence-electron chi connectivity index (χ3n) is 4.42. The lowest BCUT2D eigenvalue weighted by atomic mass is 9.82. The van der Waals surface area contributed by atoms with Gasteiger partial charge in [0.15, 0.2) is 11.6 Å². The van der Waals surface area contributed by atoms with E-state index >= 15 is 0 Å². The standard InChI is InChI=1S/C16H18O2/c1-15(2)7-13(17)9-6-12-10(5-11(9)15)14(18)8-16(12,3)4/h5-6H,7-8H2,1-4H3. The summed E-state index contributed by atoms with van der Waals surface area (Å²) in [6.45, 7) is 8.31. The Morgan fingerprint density at radius 2 is 1.11 bits per heavy atom. The van der Waals surface area contributed by atoms with Gasteiger partial charge in [0.05, 0.1) is 0 Å². The van der Waals surface area contributed by atoms with E-state index < -0.39 is 0 Å². The molecule has 0 aromatic heterocycles. The summed E-state index contributed by atoms with van der Waals surface area (Å²) in [6.07, 6.45) is 1.11. The van der Waals surface area contributed by atoms with E-state index in [0.29, 0.717) is 12.8 Å². The number of hydrogen-bond acceptors (Lipinski definition) is 2. The van der Waals surface area contributed by atoms with Crippen molar-refractivity contribution in [3.05, 3.63) is 34.4 Å². The lowest BCUT2D eigenvalue weighted by Crippen LogP contribution is -2.14. The second-order valence-corrected chi connectivity index (χ2v) is 6.91. The fraction of sp³-hybridized carbons (Fsp3) is 0.500. The summed E-state index contributed by atoms with van der Waals surface area (Å²) in [4.78, 5) is 24.2. The van der Waals surface area contributed by atoms with Crippen molar-refractivity contribution in [2.75, 3.05) is 0 Å². The molecule has 0 bridgehead atoms. The van der Waals surface area contributed by atoms with Gasteiger partial charge >= 0.3 is 0 Å². The minimum atomic E-state index is -0.130. The number of benzene rings is 1. The molecule has 0 unspecified atom stereocenters. The highest BCUT2D eigenvalue weighted by atomic mass is 16.1. The molecule has 0 saturated heterocycles. The Balaban J connectivity index is 2.30. The summed E-state index contributed by atoms with van der Waals surface area (Å²) in [5, 5.41) is 0. The highest BCUT2D eigenvalue weighted by Crippen LogP contribution is 2.45. The molecule has 0 radical (unpaired) electrons. The Morgan fingerprint density at radius 3 is 1.44 bits per heavy atom. The van der Waals surface area contributed by atoms with Crippen LogP contribution < -0.4 is 0 Å². The van der Waals surface area contributed by atoms with E-state index in [9.17, 15) is 9.59 Å². The lowest BCUT2D eigenvalue weighted by molar-refractivity contribution is 0.0972. The zero-order valence-electron chi connectivity index (χ0n) is 11.4. The van der Waals surface area contributed by atoms with E-state index in [-0.39, 0.29) is 22.4 Å². The summed E-state index contributed by atoms with van der Waals surface area (Å²) >= 11 is 0. The first-order valence-electron chi connectivity index (χ1n) is 6.48. The smallest absolute Gasteiger partial charge is 0.164 e. The second kappa shape index (κ2) is 3.11. The molecule has 3 rings (SSSR count). The third-order valence-corrected chi connectivity index (χ3v) is 4.42. The van der Waals surface area contributed by atoms with Crippen molar-refractivity contribution in [1.29, 1.82) is 0 Å². The summed E-state index contributed by atoms with van der Waals surface area (Å²) in [5.74, 6) is 0.431. The van der Waals surface area contributed by atoms with E-state index in [2.05, 4.69) is 27.7 Å². The molecule has 0 atom stereocenters. The van der Waals surface area contributed by atoms with Crippen LogP contribution in [0.15, 0.2) is 12.1 Å². The molecule has 2 nitrogen and oxygen atoms in total. The van der Waals surface area contributed by atoms with Crippen molar-refractivity contribution in [3.63, 3.8) is 0 Å². The van der Waals surface area contributed by atoms with Gasteiger partial charge in [-0.2, -0.15) is 0 Å². The molecular weight excluding hydrogens is 224 g/mol. The van der Waals surface area contributed by atoms with Crippen LogP contribution in [0.1, 0.15) is 72.4 Å². The van der Waals surface area contributed by atoms with E-state index in [1.165, 1.54) is 0 Å². The van der Waals surface area contributed by atoms with Gasteiger partial charge in [0, 0.05) is 24.0 Å². The van der Waals surface area contributed by atoms with Gasteiger partial charge < -0.3 is 0 Å². The second-order valence-electron chi connectivity index (χ2n) is 6.91. The van der Waals surface area contributed by atoms with Gasteiger partial charge in [-0.1, -0.05) is 27.7 Å². The van der Waals surface area contributed by atoms with Crippen LogP contribution in [-0.4, -0.2) is 11.6 Å². The first-order valence-corrected chi connectivity index (χ1v) is 6.48. The molecule has 0 saturated carbocycles. The quantitative estimate of drug-likeness (QED) is 0.698. The molecule has 0 spiro atoms. The first kappa shape index (κ1) is 11.6. The van der Waals surface area contributed by atoms with Gasteiger partial charge in [-0.05, 0) is 34.1 Å². The molecule has 0 amide bonds. The van der Waals surface area contributed by atoms with Crippen LogP contribution in [0.4, 0.5) is 0 Å². The highest BCUT2D eigenvalue weighted by molar-refractivity contribution is 6.07.